The summed E-state index contributed by atoms with van der Waals surface area (Å²) in [5.41, 5.74) is 5.20. The number of hydrogen-bond donors (Lipinski definition) is 0. The zero-order chi connectivity index (χ0) is 14.4. The normalized spacial score (nSPS) is 14.6. The average molecular weight is 268 g/mol. The highest BCUT2D eigenvalue weighted by Crippen LogP contribution is 2.29. The van der Waals surface area contributed by atoms with Gasteiger partial charge in [0, 0.05) is 32.6 Å². The van der Waals surface area contributed by atoms with Crippen molar-refractivity contribution in [3.63, 3.8) is 0 Å². The lowest BCUT2D eigenvalue weighted by Gasteiger charge is -2.11. The van der Waals surface area contributed by atoms with Gasteiger partial charge in [-0.3, -0.25) is 4.99 Å². The number of nitrogens with zero attached hydrogens (tertiary/aromatic N) is 2. The SMILES string of the molecule is CCCCN=Cc1ccccc1C1=CC(N(C)C)=CC1. The highest BCUT2D eigenvalue weighted by Gasteiger charge is 2.12. The van der Waals surface area contributed by atoms with Crippen LogP contribution in [0, 0.1) is 0 Å². The van der Waals surface area contributed by atoms with Crippen LogP contribution in [0.15, 0.2) is 47.1 Å². The van der Waals surface area contributed by atoms with Gasteiger partial charge in [-0.1, -0.05) is 43.7 Å². The van der Waals surface area contributed by atoms with Gasteiger partial charge in [0.25, 0.3) is 0 Å². The summed E-state index contributed by atoms with van der Waals surface area (Å²) in [5.74, 6) is 0. The van der Waals surface area contributed by atoms with Crippen molar-refractivity contribution >= 4 is 11.8 Å². The fourth-order valence-corrected chi connectivity index (χ4v) is 2.32. The molecule has 2 heteroatoms. The fraction of sp³-hybridized carbons (Fsp3) is 0.389. The lowest BCUT2D eigenvalue weighted by Crippen LogP contribution is -2.07. The molecule has 0 heterocycles. The maximum Gasteiger partial charge on any atom is 0.0389 e. The van der Waals surface area contributed by atoms with Gasteiger partial charge in [-0.15, -0.1) is 0 Å². The van der Waals surface area contributed by atoms with Crippen LogP contribution < -0.4 is 0 Å². The number of hydrogen-bond acceptors (Lipinski definition) is 2. The standard InChI is InChI=1S/C18H24N2/c1-4-5-12-19-14-16-8-6-7-9-18(16)15-10-11-17(13-15)20(2)3/h6-9,11,13-14H,4-5,10,12H2,1-3H3. The van der Waals surface area contributed by atoms with Crippen molar-refractivity contribution in [2.75, 3.05) is 20.6 Å². The molecular formula is C18H24N2. The van der Waals surface area contributed by atoms with Crippen molar-refractivity contribution in [3.05, 3.63) is 53.2 Å². The van der Waals surface area contributed by atoms with Gasteiger partial charge >= 0.3 is 0 Å². The Labute approximate surface area is 122 Å². The molecule has 20 heavy (non-hydrogen) atoms. The molecule has 2 nitrogen and oxygen atoms in total. The third-order valence-electron chi connectivity index (χ3n) is 3.55. The van der Waals surface area contributed by atoms with Crippen LogP contribution >= 0.6 is 0 Å². The molecule has 2 rings (SSSR count). The van der Waals surface area contributed by atoms with E-state index in [9.17, 15) is 0 Å². The highest BCUT2D eigenvalue weighted by molar-refractivity contribution is 5.89. The number of likely N-dealkylation sites (N-methyl/N-ethyl adjacent to an activating group) is 1. The Morgan fingerprint density at radius 1 is 1.25 bits per heavy atom. The molecule has 1 aliphatic rings. The molecule has 0 atom stereocenters. The molecule has 1 aromatic carbocycles. The number of aliphatic imine (C=N–C) groups is 1. The quantitative estimate of drug-likeness (QED) is 0.559. The maximum atomic E-state index is 4.54. The first-order chi connectivity index (χ1) is 9.72. The Hall–Kier alpha value is -1.83. The summed E-state index contributed by atoms with van der Waals surface area (Å²) in [5, 5.41) is 0. The van der Waals surface area contributed by atoms with Gasteiger partial charge in [-0.05, 0) is 35.6 Å². The zero-order valence-electron chi connectivity index (χ0n) is 12.8. The van der Waals surface area contributed by atoms with E-state index in [0.29, 0.717) is 0 Å². The number of unbranched alkanes of at least 4 members (excludes halogenated alkanes) is 1. The van der Waals surface area contributed by atoms with Crippen LogP contribution in [0.25, 0.3) is 5.57 Å². The average Bonchev–Trinajstić information content (AvgIpc) is 2.94. The first-order valence-electron chi connectivity index (χ1n) is 7.39. The van der Waals surface area contributed by atoms with E-state index in [1.165, 1.54) is 28.8 Å². The minimum Gasteiger partial charge on any atom is -0.378 e. The van der Waals surface area contributed by atoms with Crippen molar-refractivity contribution in [3.8, 4) is 0 Å². The molecule has 0 amide bonds. The van der Waals surface area contributed by atoms with Crippen LogP contribution in [-0.2, 0) is 0 Å². The van der Waals surface area contributed by atoms with Gasteiger partial charge in [0.1, 0.15) is 0 Å². The van der Waals surface area contributed by atoms with E-state index in [-0.39, 0.29) is 0 Å². The lowest BCUT2D eigenvalue weighted by atomic mass is 9.99. The van der Waals surface area contributed by atoms with E-state index in [4.69, 9.17) is 0 Å². The highest BCUT2D eigenvalue weighted by atomic mass is 15.1. The summed E-state index contributed by atoms with van der Waals surface area (Å²) >= 11 is 0. The van der Waals surface area contributed by atoms with Crippen molar-refractivity contribution in [2.45, 2.75) is 26.2 Å². The predicted molar refractivity (Wildman–Crippen MR) is 88.2 cm³/mol. The van der Waals surface area contributed by atoms with Gasteiger partial charge in [0.15, 0.2) is 0 Å². The smallest absolute Gasteiger partial charge is 0.0389 e. The van der Waals surface area contributed by atoms with Crippen LogP contribution in [0.1, 0.15) is 37.3 Å². The first-order valence-corrected chi connectivity index (χ1v) is 7.39. The van der Waals surface area contributed by atoms with Gasteiger partial charge in [0.2, 0.25) is 0 Å². The summed E-state index contributed by atoms with van der Waals surface area (Å²) in [6.07, 6.45) is 9.94. The molecule has 0 saturated heterocycles. The van der Waals surface area contributed by atoms with Crippen LogP contribution in [0.2, 0.25) is 0 Å². The zero-order valence-corrected chi connectivity index (χ0v) is 12.8. The predicted octanol–water partition coefficient (Wildman–Crippen LogP) is 4.14. The van der Waals surface area contributed by atoms with Gasteiger partial charge < -0.3 is 4.90 Å². The first kappa shape index (κ1) is 14.6. The van der Waals surface area contributed by atoms with Gasteiger partial charge in [-0.2, -0.15) is 0 Å². The topological polar surface area (TPSA) is 15.6 Å². The van der Waals surface area contributed by atoms with Crippen LogP contribution in [0.5, 0.6) is 0 Å². The molecular weight excluding hydrogens is 244 g/mol. The molecule has 0 aliphatic heterocycles. The number of allylic oxidation sites excluding steroid dienone is 3. The van der Waals surface area contributed by atoms with E-state index < -0.39 is 0 Å². The van der Waals surface area contributed by atoms with Crippen molar-refractivity contribution < 1.29 is 0 Å². The monoisotopic (exact) mass is 268 g/mol. The van der Waals surface area contributed by atoms with Gasteiger partial charge in [0.05, 0.1) is 0 Å². The van der Waals surface area contributed by atoms with E-state index in [2.05, 4.69) is 67.3 Å². The minimum absolute atomic E-state index is 0.922. The summed E-state index contributed by atoms with van der Waals surface area (Å²) in [7, 11) is 4.17. The second-order valence-corrected chi connectivity index (χ2v) is 5.37. The van der Waals surface area contributed by atoms with Crippen LogP contribution in [-0.4, -0.2) is 31.8 Å². The molecule has 0 bridgehead atoms. The van der Waals surface area contributed by atoms with E-state index in [0.717, 1.165) is 19.4 Å². The molecule has 1 aliphatic carbocycles. The second-order valence-electron chi connectivity index (χ2n) is 5.37. The summed E-state index contributed by atoms with van der Waals surface area (Å²) in [6, 6.07) is 8.53. The molecule has 106 valence electrons. The fourth-order valence-electron chi connectivity index (χ4n) is 2.32. The van der Waals surface area contributed by atoms with Crippen molar-refractivity contribution in [1.29, 1.82) is 0 Å². The van der Waals surface area contributed by atoms with E-state index >= 15 is 0 Å². The third kappa shape index (κ3) is 3.60. The summed E-state index contributed by atoms with van der Waals surface area (Å²) < 4.78 is 0. The third-order valence-corrected chi connectivity index (χ3v) is 3.55. The maximum absolute atomic E-state index is 4.54. The summed E-state index contributed by atoms with van der Waals surface area (Å²) in [4.78, 5) is 6.70. The molecule has 0 radical (unpaired) electrons. The molecule has 1 aromatic rings. The Bertz CT molecular complexity index is 536. The van der Waals surface area contributed by atoms with Crippen molar-refractivity contribution in [2.24, 2.45) is 4.99 Å². The molecule has 0 fully saturated rings. The molecule has 0 spiro atoms. The molecule has 0 saturated carbocycles. The Morgan fingerprint density at radius 3 is 2.75 bits per heavy atom. The van der Waals surface area contributed by atoms with E-state index in [1.54, 1.807) is 0 Å². The summed E-state index contributed by atoms with van der Waals surface area (Å²) in [6.45, 7) is 3.12. The molecule has 0 unspecified atom stereocenters. The largest absolute Gasteiger partial charge is 0.378 e. The lowest BCUT2D eigenvalue weighted by molar-refractivity contribution is 0.531. The number of rotatable bonds is 6. The number of benzene rings is 1. The van der Waals surface area contributed by atoms with Gasteiger partial charge in [-0.25, -0.2) is 0 Å². The van der Waals surface area contributed by atoms with Crippen molar-refractivity contribution in [1.82, 2.24) is 4.90 Å². The Morgan fingerprint density at radius 2 is 2.05 bits per heavy atom. The Balaban J connectivity index is 2.17. The van der Waals surface area contributed by atoms with Crippen LogP contribution in [0.3, 0.4) is 0 Å². The van der Waals surface area contributed by atoms with Crippen LogP contribution in [0.4, 0.5) is 0 Å². The molecule has 0 N–H and O–H groups in total. The van der Waals surface area contributed by atoms with E-state index in [1.807, 2.05) is 6.21 Å². The minimum atomic E-state index is 0.922. The second kappa shape index (κ2) is 7.09. The molecule has 0 aromatic heterocycles. The Kier molecular flexibility index (Phi) is 5.16.